The lowest BCUT2D eigenvalue weighted by atomic mass is 10.5. The lowest BCUT2D eigenvalue weighted by Gasteiger charge is -2.17. The quantitative estimate of drug-likeness (QED) is 0.581. The molecule has 1 aromatic rings. The zero-order chi connectivity index (χ0) is 11.3. The van der Waals surface area contributed by atoms with Gasteiger partial charge in [-0.1, -0.05) is 0 Å². The molecule has 84 valence electrons. The number of aliphatic hydroxyl groups is 1. The standard InChI is InChI=1S/C8H13N3O3S/c9-6-1-2-11(8(13)10-6)7(5-15)14-4-3-12/h1-2,7,12,15H,3-5H2,(H2,9,10,13)/t7-/m1/s1. The number of hydrogen-bond donors (Lipinski definition) is 3. The molecule has 1 rings (SSSR count). The van der Waals surface area contributed by atoms with E-state index in [-0.39, 0.29) is 19.0 Å². The number of thiol groups is 1. The van der Waals surface area contributed by atoms with Gasteiger partial charge in [-0.2, -0.15) is 17.6 Å². The predicted molar refractivity (Wildman–Crippen MR) is 58.8 cm³/mol. The van der Waals surface area contributed by atoms with E-state index in [1.165, 1.54) is 16.8 Å². The Morgan fingerprint density at radius 3 is 3.00 bits per heavy atom. The second-order valence-electron chi connectivity index (χ2n) is 2.77. The van der Waals surface area contributed by atoms with Crippen LogP contribution in [0, 0.1) is 0 Å². The summed E-state index contributed by atoms with van der Waals surface area (Å²) in [6.07, 6.45) is 0.948. The molecular formula is C8H13N3O3S. The van der Waals surface area contributed by atoms with Gasteiger partial charge in [0.1, 0.15) is 12.0 Å². The fraction of sp³-hybridized carbons (Fsp3) is 0.500. The lowest BCUT2D eigenvalue weighted by molar-refractivity contribution is -0.00225. The summed E-state index contributed by atoms with van der Waals surface area (Å²) in [6, 6.07) is 1.50. The molecule has 0 aliphatic rings. The first-order valence-electron chi connectivity index (χ1n) is 4.37. The maximum absolute atomic E-state index is 11.4. The van der Waals surface area contributed by atoms with Crippen LogP contribution in [0.3, 0.4) is 0 Å². The second kappa shape index (κ2) is 5.74. The zero-order valence-corrected chi connectivity index (χ0v) is 8.93. The van der Waals surface area contributed by atoms with Gasteiger partial charge < -0.3 is 15.6 Å². The number of ether oxygens (including phenoxy) is 1. The summed E-state index contributed by atoms with van der Waals surface area (Å²) >= 11 is 4.05. The zero-order valence-electron chi connectivity index (χ0n) is 8.04. The molecule has 1 aromatic heterocycles. The summed E-state index contributed by atoms with van der Waals surface area (Å²) in [7, 11) is 0. The minimum Gasteiger partial charge on any atom is -0.394 e. The van der Waals surface area contributed by atoms with Crippen LogP contribution in [0.4, 0.5) is 5.82 Å². The Balaban J connectivity index is 2.87. The number of nitrogens with two attached hydrogens (primary N) is 1. The van der Waals surface area contributed by atoms with E-state index < -0.39 is 11.9 Å². The van der Waals surface area contributed by atoms with Gasteiger partial charge in [-0.15, -0.1) is 0 Å². The van der Waals surface area contributed by atoms with Crippen molar-refractivity contribution in [1.82, 2.24) is 9.55 Å². The van der Waals surface area contributed by atoms with Gasteiger partial charge in [0.2, 0.25) is 0 Å². The Morgan fingerprint density at radius 1 is 1.73 bits per heavy atom. The summed E-state index contributed by atoms with van der Waals surface area (Å²) in [4.78, 5) is 15.0. The minimum absolute atomic E-state index is 0.110. The average molecular weight is 231 g/mol. The topological polar surface area (TPSA) is 90.4 Å². The summed E-state index contributed by atoms with van der Waals surface area (Å²) in [6.45, 7) is 0.0312. The smallest absolute Gasteiger partial charge is 0.351 e. The summed E-state index contributed by atoms with van der Waals surface area (Å²) in [5.74, 6) is 0.474. The van der Waals surface area contributed by atoms with E-state index >= 15 is 0 Å². The van der Waals surface area contributed by atoms with E-state index in [0.29, 0.717) is 5.75 Å². The van der Waals surface area contributed by atoms with Crippen molar-refractivity contribution in [2.24, 2.45) is 0 Å². The van der Waals surface area contributed by atoms with Crippen LogP contribution in [-0.2, 0) is 4.74 Å². The Hall–Kier alpha value is -1.05. The van der Waals surface area contributed by atoms with Gasteiger partial charge in [0, 0.05) is 11.9 Å². The molecule has 0 radical (unpaired) electrons. The van der Waals surface area contributed by atoms with Crippen LogP contribution in [0.5, 0.6) is 0 Å². The molecular weight excluding hydrogens is 218 g/mol. The van der Waals surface area contributed by atoms with Gasteiger partial charge in [-0.25, -0.2) is 4.79 Å². The summed E-state index contributed by atoms with van der Waals surface area (Å²) < 4.78 is 6.48. The number of aromatic nitrogens is 2. The number of anilines is 1. The van der Waals surface area contributed by atoms with Gasteiger partial charge in [-0.3, -0.25) is 4.57 Å². The summed E-state index contributed by atoms with van der Waals surface area (Å²) in [5, 5.41) is 8.60. The molecule has 0 aromatic carbocycles. The summed E-state index contributed by atoms with van der Waals surface area (Å²) in [5.41, 5.74) is 4.85. The van der Waals surface area contributed by atoms with Crippen molar-refractivity contribution < 1.29 is 9.84 Å². The molecule has 0 aliphatic heterocycles. The monoisotopic (exact) mass is 231 g/mol. The van der Waals surface area contributed by atoms with Crippen LogP contribution in [-0.4, -0.2) is 33.6 Å². The molecule has 6 nitrogen and oxygen atoms in total. The fourth-order valence-corrected chi connectivity index (χ4v) is 1.34. The van der Waals surface area contributed by atoms with Crippen molar-refractivity contribution in [3.8, 4) is 0 Å². The van der Waals surface area contributed by atoms with Gasteiger partial charge in [0.15, 0.2) is 0 Å². The molecule has 0 spiro atoms. The number of aliphatic hydroxyl groups excluding tert-OH is 1. The lowest BCUT2D eigenvalue weighted by Crippen LogP contribution is -2.30. The maximum atomic E-state index is 11.4. The van der Waals surface area contributed by atoms with E-state index in [1.54, 1.807) is 0 Å². The normalized spacial score (nSPS) is 12.7. The number of rotatable bonds is 5. The van der Waals surface area contributed by atoms with Crippen molar-refractivity contribution in [3.05, 3.63) is 22.7 Å². The van der Waals surface area contributed by atoms with E-state index in [4.69, 9.17) is 15.6 Å². The average Bonchev–Trinajstić information content (AvgIpc) is 2.21. The highest BCUT2D eigenvalue weighted by Gasteiger charge is 2.11. The Morgan fingerprint density at radius 2 is 2.47 bits per heavy atom. The predicted octanol–water partition coefficient (Wildman–Crippen LogP) is -0.737. The SMILES string of the molecule is Nc1ccn([C@@H](CS)OCCO)c(=O)n1. The Bertz CT molecular complexity index is 368. The van der Waals surface area contributed by atoms with E-state index in [1.807, 2.05) is 0 Å². The van der Waals surface area contributed by atoms with Gasteiger partial charge >= 0.3 is 5.69 Å². The van der Waals surface area contributed by atoms with Crippen LogP contribution in [0.15, 0.2) is 17.1 Å². The van der Waals surface area contributed by atoms with Crippen molar-refractivity contribution in [1.29, 1.82) is 0 Å². The largest absolute Gasteiger partial charge is 0.394 e. The molecule has 0 saturated carbocycles. The van der Waals surface area contributed by atoms with Crippen molar-refractivity contribution >= 4 is 18.4 Å². The molecule has 0 fully saturated rings. The molecule has 0 unspecified atom stereocenters. The van der Waals surface area contributed by atoms with Crippen LogP contribution >= 0.6 is 12.6 Å². The van der Waals surface area contributed by atoms with Gasteiger partial charge in [-0.05, 0) is 6.07 Å². The van der Waals surface area contributed by atoms with E-state index in [9.17, 15) is 4.79 Å². The van der Waals surface area contributed by atoms with E-state index in [2.05, 4.69) is 17.6 Å². The molecule has 7 heteroatoms. The van der Waals surface area contributed by atoms with Gasteiger partial charge in [0.05, 0.1) is 13.2 Å². The third kappa shape index (κ3) is 3.22. The highest BCUT2D eigenvalue weighted by molar-refractivity contribution is 7.80. The van der Waals surface area contributed by atoms with Crippen molar-refractivity contribution in [2.75, 3.05) is 24.7 Å². The van der Waals surface area contributed by atoms with Crippen LogP contribution < -0.4 is 11.4 Å². The number of nitrogen functional groups attached to an aromatic ring is 1. The first kappa shape index (κ1) is 12.0. The van der Waals surface area contributed by atoms with Crippen LogP contribution in [0.25, 0.3) is 0 Å². The highest BCUT2D eigenvalue weighted by Crippen LogP contribution is 2.07. The molecule has 15 heavy (non-hydrogen) atoms. The molecule has 1 atom stereocenters. The van der Waals surface area contributed by atoms with Crippen LogP contribution in [0.1, 0.15) is 6.23 Å². The molecule has 1 heterocycles. The second-order valence-corrected chi connectivity index (χ2v) is 3.14. The number of hydrogen-bond acceptors (Lipinski definition) is 6. The molecule has 0 aliphatic carbocycles. The fourth-order valence-electron chi connectivity index (χ4n) is 1.05. The van der Waals surface area contributed by atoms with Crippen molar-refractivity contribution in [2.45, 2.75) is 6.23 Å². The third-order valence-corrected chi connectivity index (χ3v) is 2.03. The minimum atomic E-state index is -0.541. The molecule has 0 bridgehead atoms. The first-order valence-corrected chi connectivity index (χ1v) is 5.00. The molecule has 0 amide bonds. The maximum Gasteiger partial charge on any atom is 0.351 e. The third-order valence-electron chi connectivity index (χ3n) is 1.72. The molecule has 0 saturated heterocycles. The number of nitrogens with zero attached hydrogens (tertiary/aromatic N) is 2. The van der Waals surface area contributed by atoms with Crippen LogP contribution in [0.2, 0.25) is 0 Å². The Kier molecular flexibility index (Phi) is 4.60. The Labute approximate surface area is 92.1 Å². The molecule has 3 N–H and O–H groups in total. The highest BCUT2D eigenvalue weighted by atomic mass is 32.1. The van der Waals surface area contributed by atoms with E-state index in [0.717, 1.165) is 0 Å². The van der Waals surface area contributed by atoms with Gasteiger partial charge in [0.25, 0.3) is 0 Å². The van der Waals surface area contributed by atoms with Crippen molar-refractivity contribution in [3.63, 3.8) is 0 Å². The first-order chi connectivity index (χ1) is 7.19.